The maximum Gasteiger partial charge on any atom is 0 e. The number of hydrogen-bond donors (Lipinski definition) is 0. The summed E-state index contributed by atoms with van der Waals surface area (Å²) >= 11 is 0. The zero-order valence-corrected chi connectivity index (χ0v) is 6.60. The molecule has 0 radical (unpaired) electrons. The van der Waals surface area contributed by atoms with Crippen molar-refractivity contribution in [2.24, 2.45) is 0 Å². The van der Waals surface area contributed by atoms with Gasteiger partial charge in [0, 0.05) is 41.2 Å². The van der Waals surface area contributed by atoms with Crippen LogP contribution in [-0.2, 0) is 41.2 Å². The first-order chi connectivity index (χ1) is 1.41. The Labute approximate surface area is 60.5 Å². The summed E-state index contributed by atoms with van der Waals surface area (Å²) in [5.74, 6) is 0. The topological polar surface area (TPSA) is 14.1 Å². The number of rotatable bonds is 0. The molecule has 0 spiro atoms. The molecule has 0 fully saturated rings. The van der Waals surface area contributed by atoms with E-state index >= 15 is 0 Å². The van der Waals surface area contributed by atoms with E-state index in [-0.39, 0.29) is 41.2 Å². The summed E-state index contributed by atoms with van der Waals surface area (Å²) in [7, 11) is 3.50. The molecule has 0 heterocycles. The zero-order valence-electron chi connectivity index (χ0n) is 3.30. The van der Waals surface area contributed by atoms with Crippen molar-refractivity contribution in [3.63, 3.8) is 0 Å². The van der Waals surface area contributed by atoms with Crippen LogP contribution in [0.3, 0.4) is 0 Å². The van der Waals surface area contributed by atoms with E-state index < -0.39 is 0 Å². The Hall–Kier alpha value is 1.30. The van der Waals surface area contributed by atoms with Crippen LogP contribution < -0.4 is 0 Å². The van der Waals surface area contributed by atoms with Gasteiger partial charge in [0.25, 0.3) is 0 Å². The maximum absolute atomic E-state index is 3.50. The van der Waals surface area contributed by atoms with Crippen LogP contribution in [0.4, 0.5) is 0 Å². The van der Waals surface area contributed by atoms with Crippen LogP contribution in [0.15, 0.2) is 0 Å². The molecular weight excluding hydrogens is 187 g/mol. The van der Waals surface area contributed by atoms with Gasteiger partial charge in [-0.25, -0.2) is 0 Å². The minimum Gasteiger partial charge on any atom is -0.668 e. The Morgan fingerprint density at radius 3 is 1.20 bits per heavy atom. The van der Waals surface area contributed by atoms with E-state index in [1.165, 1.54) is 0 Å². The smallest absolute Gasteiger partial charge is 0 e. The maximum atomic E-state index is 3.50. The molecule has 0 saturated carbocycles. The van der Waals surface area contributed by atoms with Crippen LogP contribution in [0.25, 0.3) is 5.32 Å². The largest absolute Gasteiger partial charge is 0.668 e. The van der Waals surface area contributed by atoms with Gasteiger partial charge in [-0.1, -0.05) is 0 Å². The summed E-state index contributed by atoms with van der Waals surface area (Å²) in [4.78, 5) is 0. The van der Waals surface area contributed by atoms with Gasteiger partial charge in [-0.3, -0.25) is 0 Å². The van der Waals surface area contributed by atoms with Crippen LogP contribution in [0.5, 0.6) is 0 Å². The van der Waals surface area contributed by atoms with Gasteiger partial charge in [0.2, 0.25) is 0 Å². The molecule has 3 heteroatoms. The molecule has 0 aliphatic heterocycles. The van der Waals surface area contributed by atoms with E-state index in [0.29, 0.717) is 0 Å². The van der Waals surface area contributed by atoms with Crippen LogP contribution in [0.2, 0.25) is 0 Å². The van der Waals surface area contributed by atoms with E-state index in [1.807, 2.05) is 0 Å². The second kappa shape index (κ2) is 18.5. The Balaban J connectivity index is -0.0000000200. The average Bonchev–Trinajstić information content (AvgIpc) is 0.918. The fraction of sp³-hybridized carbons (Fsp3) is 1.00. The molecule has 32 valence electrons. The average molecular weight is 193 g/mol. The van der Waals surface area contributed by atoms with Crippen molar-refractivity contribution in [3.05, 3.63) is 5.32 Å². The summed E-state index contributed by atoms with van der Waals surface area (Å²) in [6, 6.07) is 0. The molecule has 0 aromatic carbocycles. The van der Waals surface area contributed by atoms with Crippen molar-refractivity contribution >= 4 is 0 Å². The molecular formula is C2H6NRuTi-. The van der Waals surface area contributed by atoms with Gasteiger partial charge < -0.3 is 5.32 Å². The van der Waals surface area contributed by atoms with Crippen molar-refractivity contribution in [1.29, 1.82) is 0 Å². The first-order valence-electron chi connectivity index (χ1n) is 0.894. The second-order valence-corrected chi connectivity index (χ2v) is 0.447. The van der Waals surface area contributed by atoms with Crippen molar-refractivity contribution in [3.8, 4) is 0 Å². The third kappa shape index (κ3) is 34.2. The van der Waals surface area contributed by atoms with Crippen LogP contribution in [0, 0.1) is 0 Å². The van der Waals surface area contributed by atoms with Gasteiger partial charge in [0.05, 0.1) is 0 Å². The second-order valence-electron chi connectivity index (χ2n) is 0.447. The molecule has 0 aliphatic rings. The third-order valence-corrected chi connectivity index (χ3v) is 0. The summed E-state index contributed by atoms with van der Waals surface area (Å²) in [5, 5.41) is 3.50. The summed E-state index contributed by atoms with van der Waals surface area (Å²) < 4.78 is 0. The first kappa shape index (κ1) is 16.3. The van der Waals surface area contributed by atoms with E-state index in [0.717, 1.165) is 0 Å². The molecule has 0 unspecified atom stereocenters. The molecule has 0 rings (SSSR count). The van der Waals surface area contributed by atoms with E-state index in [9.17, 15) is 0 Å². The molecule has 0 aromatic rings. The van der Waals surface area contributed by atoms with Gasteiger partial charge in [-0.15, -0.1) is 0 Å². The zero-order chi connectivity index (χ0) is 2.71. The van der Waals surface area contributed by atoms with Gasteiger partial charge in [0.1, 0.15) is 0 Å². The van der Waals surface area contributed by atoms with Crippen molar-refractivity contribution in [1.82, 2.24) is 0 Å². The number of hydrogen-bond acceptors (Lipinski definition) is 0. The molecule has 1 nitrogen and oxygen atoms in total. The van der Waals surface area contributed by atoms with E-state index in [1.54, 1.807) is 14.1 Å². The Morgan fingerprint density at radius 1 is 1.20 bits per heavy atom. The monoisotopic (exact) mass is 194 g/mol. The summed E-state index contributed by atoms with van der Waals surface area (Å²) in [6.07, 6.45) is 0. The van der Waals surface area contributed by atoms with Gasteiger partial charge in [-0.2, -0.15) is 14.1 Å². The third-order valence-electron chi connectivity index (χ3n) is 0. The van der Waals surface area contributed by atoms with Gasteiger partial charge in [0.15, 0.2) is 0 Å². The van der Waals surface area contributed by atoms with Crippen molar-refractivity contribution < 1.29 is 41.2 Å². The molecule has 0 aliphatic carbocycles. The molecule has 0 N–H and O–H groups in total. The Bertz CT molecular complexity index is 9.61. The molecule has 0 aromatic heterocycles. The predicted octanol–water partition coefficient (Wildman–Crippen LogP) is 0.615. The predicted molar refractivity (Wildman–Crippen MR) is 15.2 cm³/mol. The quantitative estimate of drug-likeness (QED) is 0.500. The fourth-order valence-electron chi connectivity index (χ4n) is 0. The molecule has 0 saturated heterocycles. The van der Waals surface area contributed by atoms with Gasteiger partial charge in [-0.05, 0) is 0 Å². The minimum absolute atomic E-state index is 0. The minimum atomic E-state index is 0. The van der Waals surface area contributed by atoms with Crippen molar-refractivity contribution in [2.75, 3.05) is 14.1 Å². The first-order valence-corrected chi connectivity index (χ1v) is 0.894. The van der Waals surface area contributed by atoms with Crippen LogP contribution in [-0.4, -0.2) is 14.1 Å². The van der Waals surface area contributed by atoms with Crippen LogP contribution in [0.1, 0.15) is 0 Å². The Morgan fingerprint density at radius 2 is 1.20 bits per heavy atom. The number of nitrogens with zero attached hydrogens (tertiary/aromatic N) is 1. The SMILES string of the molecule is C[N-]C.[Ru].[Ti]. The van der Waals surface area contributed by atoms with Gasteiger partial charge >= 0.3 is 0 Å². The normalized spacial score (nSPS) is 3.60. The standard InChI is InChI=1S/C2H6N.Ru.Ti/c1-3-2;;/h1-2H3;;/q-1;;. The molecule has 0 atom stereocenters. The molecule has 0 amide bonds. The van der Waals surface area contributed by atoms with Crippen LogP contribution >= 0.6 is 0 Å². The Kier molecular flexibility index (Phi) is 60.2. The van der Waals surface area contributed by atoms with Crippen molar-refractivity contribution in [2.45, 2.75) is 0 Å². The molecule has 5 heavy (non-hydrogen) atoms. The summed E-state index contributed by atoms with van der Waals surface area (Å²) in [6.45, 7) is 0. The summed E-state index contributed by atoms with van der Waals surface area (Å²) in [5.41, 5.74) is 0. The fourth-order valence-corrected chi connectivity index (χ4v) is 0. The van der Waals surface area contributed by atoms with E-state index in [4.69, 9.17) is 0 Å². The van der Waals surface area contributed by atoms with E-state index in [2.05, 4.69) is 5.32 Å². The molecule has 0 bridgehead atoms.